The fourth-order valence-electron chi connectivity index (χ4n) is 3.98. The van der Waals surface area contributed by atoms with E-state index in [4.69, 9.17) is 45.3 Å². The molecule has 1 aliphatic rings. The van der Waals surface area contributed by atoms with Crippen molar-refractivity contribution in [1.29, 1.82) is 0 Å². The van der Waals surface area contributed by atoms with Crippen LogP contribution in [0, 0.1) is 0 Å². The number of hydrogen-bond acceptors (Lipinski definition) is 7. The van der Waals surface area contributed by atoms with Crippen molar-refractivity contribution in [2.45, 2.75) is 6.42 Å². The van der Waals surface area contributed by atoms with Crippen molar-refractivity contribution in [2.75, 3.05) is 39.1 Å². The molecule has 4 rings (SSSR count). The second kappa shape index (κ2) is 14.2. The molecule has 2 N–H and O–H groups in total. The van der Waals surface area contributed by atoms with Gasteiger partial charge in [-0.15, -0.1) is 0 Å². The Bertz CT molecular complexity index is 1560. The van der Waals surface area contributed by atoms with Crippen LogP contribution in [0.4, 0.5) is 5.69 Å². The zero-order valence-corrected chi connectivity index (χ0v) is 25.9. The number of benzene rings is 3. The molecule has 1 fully saturated rings. The van der Waals surface area contributed by atoms with E-state index in [1.165, 1.54) is 29.2 Å². The molecule has 2 amide bonds. The Labute approximate surface area is 263 Å². The number of amides is 2. The second-order valence-corrected chi connectivity index (χ2v) is 12.1. The summed E-state index contributed by atoms with van der Waals surface area (Å²) in [7, 11) is 3.91. The molecular weight excluding hydrogens is 617 g/mol. The fraction of sp³-hybridized carbons (Fsp3) is 0.200. The molecule has 0 aliphatic carbocycles. The van der Waals surface area contributed by atoms with E-state index in [2.05, 4.69) is 5.32 Å². The maximum atomic E-state index is 13.3. The van der Waals surface area contributed by atoms with E-state index in [0.717, 1.165) is 22.9 Å². The SMILES string of the molecule is CN(C)CCOc1ccc(-c2cc(Cl)ccc2Cl)cc1C=C1SC(=S)N(CCC(=O)Nc2ccc(C(=O)O)cc2)C1=O. The van der Waals surface area contributed by atoms with E-state index < -0.39 is 5.97 Å². The van der Waals surface area contributed by atoms with Crippen molar-refractivity contribution in [1.82, 2.24) is 9.80 Å². The summed E-state index contributed by atoms with van der Waals surface area (Å²) >= 11 is 19.3. The van der Waals surface area contributed by atoms with Gasteiger partial charge < -0.3 is 20.1 Å². The number of carboxylic acids is 1. The third-order valence-electron chi connectivity index (χ3n) is 6.18. The molecule has 3 aromatic rings. The maximum absolute atomic E-state index is 13.3. The van der Waals surface area contributed by atoms with Gasteiger partial charge >= 0.3 is 5.97 Å². The summed E-state index contributed by atoms with van der Waals surface area (Å²) in [6, 6.07) is 16.6. The molecule has 42 heavy (non-hydrogen) atoms. The highest BCUT2D eigenvalue weighted by Crippen LogP contribution is 2.37. The first kappa shape index (κ1) is 31.5. The average molecular weight is 645 g/mol. The lowest BCUT2D eigenvalue weighted by Gasteiger charge is -2.15. The van der Waals surface area contributed by atoms with Gasteiger partial charge in [-0.05, 0) is 80.3 Å². The van der Waals surface area contributed by atoms with Crippen LogP contribution in [0.25, 0.3) is 17.2 Å². The first-order valence-corrected chi connectivity index (χ1v) is 14.8. The van der Waals surface area contributed by atoms with E-state index in [0.29, 0.717) is 49.4 Å². The third-order valence-corrected chi connectivity index (χ3v) is 8.13. The van der Waals surface area contributed by atoms with Crippen LogP contribution in [0.5, 0.6) is 5.75 Å². The minimum Gasteiger partial charge on any atom is -0.492 e. The monoisotopic (exact) mass is 643 g/mol. The smallest absolute Gasteiger partial charge is 0.335 e. The summed E-state index contributed by atoms with van der Waals surface area (Å²) in [5.41, 5.74) is 2.79. The summed E-state index contributed by atoms with van der Waals surface area (Å²) in [5, 5.41) is 12.8. The molecule has 0 aromatic heterocycles. The number of carboxylic acid groups (broad SMARTS) is 1. The Balaban J connectivity index is 1.51. The zero-order valence-electron chi connectivity index (χ0n) is 22.7. The van der Waals surface area contributed by atoms with Crippen LogP contribution < -0.4 is 10.1 Å². The molecule has 218 valence electrons. The van der Waals surface area contributed by atoms with Crippen molar-refractivity contribution in [3.8, 4) is 16.9 Å². The predicted octanol–water partition coefficient (Wildman–Crippen LogP) is 6.53. The molecule has 1 aliphatic heterocycles. The number of halogens is 2. The number of aromatic carboxylic acids is 1. The van der Waals surface area contributed by atoms with Gasteiger partial charge in [-0.25, -0.2) is 4.79 Å². The van der Waals surface area contributed by atoms with Crippen molar-refractivity contribution in [2.24, 2.45) is 0 Å². The van der Waals surface area contributed by atoms with Gasteiger partial charge in [-0.3, -0.25) is 14.5 Å². The normalized spacial score (nSPS) is 14.1. The fourth-order valence-corrected chi connectivity index (χ4v) is 5.68. The van der Waals surface area contributed by atoms with Crippen LogP contribution in [0.15, 0.2) is 65.6 Å². The van der Waals surface area contributed by atoms with Gasteiger partial charge in [-0.2, -0.15) is 0 Å². The molecule has 0 bridgehead atoms. The lowest BCUT2D eigenvalue weighted by atomic mass is 10.0. The molecule has 1 heterocycles. The molecule has 0 radical (unpaired) electrons. The van der Waals surface area contributed by atoms with Crippen molar-refractivity contribution in [3.63, 3.8) is 0 Å². The van der Waals surface area contributed by atoms with E-state index in [9.17, 15) is 14.4 Å². The van der Waals surface area contributed by atoms with Crippen LogP contribution in [0.3, 0.4) is 0 Å². The van der Waals surface area contributed by atoms with Crippen LogP contribution in [-0.2, 0) is 9.59 Å². The largest absolute Gasteiger partial charge is 0.492 e. The number of carbonyl (C=O) groups is 3. The summed E-state index contributed by atoms with van der Waals surface area (Å²) in [5.74, 6) is -1.10. The topological polar surface area (TPSA) is 99.2 Å². The highest BCUT2D eigenvalue weighted by Gasteiger charge is 2.32. The number of hydrogen-bond donors (Lipinski definition) is 2. The van der Waals surface area contributed by atoms with Crippen LogP contribution >= 0.6 is 47.2 Å². The predicted molar refractivity (Wildman–Crippen MR) is 172 cm³/mol. The van der Waals surface area contributed by atoms with Gasteiger partial charge in [0.05, 0.1) is 10.5 Å². The number of carbonyl (C=O) groups excluding carboxylic acids is 2. The molecule has 8 nitrogen and oxygen atoms in total. The Morgan fingerprint density at radius 2 is 1.83 bits per heavy atom. The summed E-state index contributed by atoms with van der Waals surface area (Å²) < 4.78 is 6.39. The number of ether oxygens (including phenoxy) is 1. The lowest BCUT2D eigenvalue weighted by Crippen LogP contribution is -2.31. The van der Waals surface area contributed by atoms with Crippen LogP contribution in [0.1, 0.15) is 22.3 Å². The quantitative estimate of drug-likeness (QED) is 0.180. The highest BCUT2D eigenvalue weighted by atomic mass is 35.5. The van der Waals surface area contributed by atoms with E-state index in [1.54, 1.807) is 24.3 Å². The van der Waals surface area contributed by atoms with E-state index in [1.807, 2.05) is 37.2 Å². The highest BCUT2D eigenvalue weighted by molar-refractivity contribution is 8.26. The number of rotatable bonds is 11. The van der Waals surface area contributed by atoms with Gasteiger partial charge in [0.2, 0.25) is 5.91 Å². The number of nitrogens with zero attached hydrogens (tertiary/aromatic N) is 2. The first-order valence-electron chi connectivity index (χ1n) is 12.8. The van der Waals surface area contributed by atoms with Crippen molar-refractivity contribution >= 4 is 81.0 Å². The van der Waals surface area contributed by atoms with Gasteiger partial charge in [0.1, 0.15) is 16.7 Å². The minimum atomic E-state index is -1.05. The summed E-state index contributed by atoms with van der Waals surface area (Å²) in [4.78, 5) is 40.7. The molecule has 0 saturated carbocycles. The standard InChI is InChI=1S/C30H27Cl2N3O5S2/c1-34(2)13-14-40-25-10-5-19(23-17-21(31)6-9-24(23)32)15-20(25)16-26-28(37)35(30(41)42-26)12-11-27(36)33-22-7-3-18(4-8-22)29(38)39/h3-10,15-17H,11-14H2,1-2H3,(H,33,36)(H,38,39). The third kappa shape index (κ3) is 8.11. The van der Waals surface area contributed by atoms with Crippen LogP contribution in [-0.4, -0.2) is 70.8 Å². The van der Waals surface area contributed by atoms with Gasteiger partial charge in [-0.1, -0.05) is 53.2 Å². The Kier molecular flexibility index (Phi) is 10.6. The molecule has 12 heteroatoms. The zero-order chi connectivity index (χ0) is 30.4. The molecule has 3 aromatic carbocycles. The van der Waals surface area contributed by atoms with Gasteiger partial charge in [0.15, 0.2) is 0 Å². The number of nitrogens with one attached hydrogen (secondary N) is 1. The van der Waals surface area contributed by atoms with Gasteiger partial charge in [0, 0.05) is 46.4 Å². The summed E-state index contributed by atoms with van der Waals surface area (Å²) in [6.45, 7) is 1.24. The summed E-state index contributed by atoms with van der Waals surface area (Å²) in [6.07, 6.45) is 1.73. The van der Waals surface area contributed by atoms with Crippen molar-refractivity contribution in [3.05, 3.63) is 86.7 Å². The van der Waals surface area contributed by atoms with E-state index in [-0.39, 0.29) is 30.3 Å². The number of thiocarbonyl (C=S) groups is 1. The lowest BCUT2D eigenvalue weighted by molar-refractivity contribution is -0.122. The molecular formula is C30H27Cl2N3O5S2. The van der Waals surface area contributed by atoms with Crippen molar-refractivity contribution < 1.29 is 24.2 Å². The van der Waals surface area contributed by atoms with Crippen LogP contribution in [0.2, 0.25) is 10.0 Å². The first-order chi connectivity index (χ1) is 20.0. The molecule has 0 unspecified atom stereocenters. The molecule has 0 spiro atoms. The average Bonchev–Trinajstić information content (AvgIpc) is 3.21. The number of thioether (sulfide) groups is 1. The second-order valence-electron chi connectivity index (χ2n) is 9.54. The minimum absolute atomic E-state index is 0.00203. The number of likely N-dealkylation sites (N-methyl/N-ethyl adjacent to an activating group) is 1. The Hall–Kier alpha value is -3.41. The Morgan fingerprint density at radius 3 is 2.52 bits per heavy atom. The maximum Gasteiger partial charge on any atom is 0.335 e. The molecule has 1 saturated heterocycles. The molecule has 0 atom stereocenters. The van der Waals surface area contributed by atoms with E-state index >= 15 is 0 Å². The number of anilines is 1. The Morgan fingerprint density at radius 1 is 1.10 bits per heavy atom. The van der Waals surface area contributed by atoms with Gasteiger partial charge in [0.25, 0.3) is 5.91 Å².